The van der Waals surface area contributed by atoms with Crippen LogP contribution in [-0.2, 0) is 27.1 Å². The van der Waals surface area contributed by atoms with E-state index in [9.17, 15) is 0 Å². The summed E-state index contributed by atoms with van der Waals surface area (Å²) < 4.78 is 2.69. The number of para-hydroxylation sites is 2. The Hall–Kier alpha value is -7.04. The molecule has 3 aliphatic rings. The zero-order valence-electron chi connectivity index (χ0n) is 45.6. The third kappa shape index (κ3) is 7.21. The number of hydrogen-bond donors (Lipinski definition) is 0. The highest BCUT2D eigenvalue weighted by Gasteiger charge is 2.52. The number of rotatable bonds is 5. The van der Waals surface area contributed by atoms with E-state index in [1.807, 2.05) is 0 Å². The molecule has 12 rings (SSSR count). The van der Waals surface area contributed by atoms with Crippen LogP contribution in [0.3, 0.4) is 0 Å². The molecule has 0 N–H and O–H groups in total. The number of hydrogen-bond acceptors (Lipinski definition) is 2. The topological polar surface area (TPSA) is 11.4 Å². The zero-order valence-corrected chi connectivity index (χ0v) is 45.6. The van der Waals surface area contributed by atoms with Gasteiger partial charge in [0.05, 0.1) is 22.4 Å². The Morgan fingerprint density at radius 3 is 1.71 bits per heavy atom. The molecule has 2 aliphatic heterocycles. The van der Waals surface area contributed by atoms with Gasteiger partial charge >= 0.3 is 6.85 Å². The highest BCUT2D eigenvalue weighted by molar-refractivity contribution is 6.94. The lowest BCUT2D eigenvalue weighted by atomic mass is 9.43. The van der Waals surface area contributed by atoms with Crippen molar-refractivity contribution >= 4 is 73.6 Å². The van der Waals surface area contributed by atoms with E-state index in [4.69, 9.17) is 0 Å². The molecule has 1 aromatic heterocycles. The third-order valence-electron chi connectivity index (χ3n) is 16.6. The molecule has 0 spiro atoms. The Labute approximate surface area is 435 Å². The predicted octanol–water partition coefficient (Wildman–Crippen LogP) is 17.2. The zero-order chi connectivity index (χ0) is 51.3. The van der Waals surface area contributed by atoms with Gasteiger partial charge in [0.25, 0.3) is 0 Å². The Morgan fingerprint density at radius 1 is 0.479 bits per heavy atom. The van der Waals surface area contributed by atoms with Gasteiger partial charge in [0.1, 0.15) is 0 Å². The van der Waals surface area contributed by atoms with Crippen molar-refractivity contribution in [3.05, 3.63) is 209 Å². The average molecular weight is 952 g/mol. The van der Waals surface area contributed by atoms with Gasteiger partial charge in [-0.05, 0) is 138 Å². The van der Waals surface area contributed by atoms with E-state index in [2.05, 4.69) is 281 Å². The van der Waals surface area contributed by atoms with Crippen molar-refractivity contribution in [3.63, 3.8) is 0 Å². The van der Waals surface area contributed by atoms with Crippen LogP contribution in [0.1, 0.15) is 136 Å². The van der Waals surface area contributed by atoms with Crippen molar-refractivity contribution in [2.24, 2.45) is 0 Å². The summed E-state index contributed by atoms with van der Waals surface area (Å²) in [6.45, 7) is 33.1. The first-order chi connectivity index (χ1) is 34.5. The van der Waals surface area contributed by atoms with Gasteiger partial charge in [-0.1, -0.05) is 206 Å². The smallest absolute Gasteiger partial charge is 0.333 e. The SMILES string of the molecule is CC(C)(C)c1ccc(N2B3c4c(cc(C(C)(C)C)cc4-n4c5ccc(C(C)(C)C)cc5c5c(N(c6ccccc6)c6ccccc6-c6ccccc6)ccc3c54)C3=C2c2cc(C(C)(C)C)ccc2C3(C)C)cc1. The summed E-state index contributed by atoms with van der Waals surface area (Å²) in [5.41, 5.74) is 25.3. The van der Waals surface area contributed by atoms with Gasteiger partial charge in [-0.25, -0.2) is 0 Å². The summed E-state index contributed by atoms with van der Waals surface area (Å²) in [5.74, 6) is 0. The monoisotopic (exact) mass is 952 g/mol. The molecule has 0 radical (unpaired) electrons. The molecule has 364 valence electrons. The minimum atomic E-state index is -0.276. The number of fused-ring (bicyclic) bond motifs is 8. The van der Waals surface area contributed by atoms with Crippen LogP contribution < -0.4 is 20.6 Å². The van der Waals surface area contributed by atoms with Gasteiger partial charge in [0.2, 0.25) is 0 Å². The lowest BCUT2D eigenvalue weighted by Crippen LogP contribution is -2.62. The molecule has 73 heavy (non-hydrogen) atoms. The fourth-order valence-electron chi connectivity index (χ4n) is 12.5. The number of allylic oxidation sites excluding steroid dienone is 1. The van der Waals surface area contributed by atoms with E-state index in [0.717, 1.165) is 17.1 Å². The second-order valence-electron chi connectivity index (χ2n) is 25.9. The summed E-state index contributed by atoms with van der Waals surface area (Å²) in [6, 6.07) is 65.4. The minimum absolute atomic E-state index is 0.0149. The van der Waals surface area contributed by atoms with Crippen molar-refractivity contribution in [2.75, 3.05) is 9.71 Å². The molecule has 1 aliphatic carbocycles. The normalized spacial score (nSPS) is 15.0. The van der Waals surface area contributed by atoms with Crippen LogP contribution in [0, 0.1) is 0 Å². The molecular weight excluding hydrogens is 882 g/mol. The third-order valence-corrected chi connectivity index (χ3v) is 16.6. The van der Waals surface area contributed by atoms with Crippen molar-refractivity contribution < 1.29 is 0 Å². The minimum Gasteiger partial charge on any atom is -0.376 e. The first-order valence-electron chi connectivity index (χ1n) is 26.6. The Balaban J connectivity index is 1.26. The van der Waals surface area contributed by atoms with Gasteiger partial charge in [-0.3, -0.25) is 0 Å². The van der Waals surface area contributed by atoms with E-state index in [0.29, 0.717) is 0 Å². The summed E-state index contributed by atoms with van der Waals surface area (Å²) in [7, 11) is 0. The van der Waals surface area contributed by atoms with Crippen molar-refractivity contribution in [2.45, 2.75) is 124 Å². The lowest BCUT2D eigenvalue weighted by molar-refractivity contribution is 0.588. The van der Waals surface area contributed by atoms with Crippen LogP contribution >= 0.6 is 0 Å². The Bertz CT molecular complexity index is 3730. The highest BCUT2D eigenvalue weighted by atomic mass is 15.2. The molecule has 0 bridgehead atoms. The number of benzene rings is 8. The second kappa shape index (κ2) is 16.0. The quantitative estimate of drug-likeness (QED) is 0.159. The summed E-state index contributed by atoms with van der Waals surface area (Å²) in [5, 5.41) is 2.54. The fourth-order valence-corrected chi connectivity index (χ4v) is 12.5. The largest absolute Gasteiger partial charge is 0.376 e. The van der Waals surface area contributed by atoms with Crippen LogP contribution in [0.5, 0.6) is 0 Å². The first kappa shape index (κ1) is 47.0. The molecule has 0 fully saturated rings. The molecule has 0 unspecified atom stereocenters. The molecular formula is C69H70BN3. The van der Waals surface area contributed by atoms with Gasteiger partial charge in [0, 0.05) is 50.1 Å². The molecule has 0 saturated heterocycles. The number of anilines is 4. The van der Waals surface area contributed by atoms with E-state index >= 15 is 0 Å². The van der Waals surface area contributed by atoms with E-state index in [1.54, 1.807) is 0 Å². The fraction of sp³-hybridized carbons (Fsp3) is 0.275. The van der Waals surface area contributed by atoms with Crippen molar-refractivity contribution in [1.29, 1.82) is 0 Å². The molecule has 3 nitrogen and oxygen atoms in total. The lowest BCUT2D eigenvalue weighted by Gasteiger charge is -2.44. The summed E-state index contributed by atoms with van der Waals surface area (Å²) in [6.07, 6.45) is 0. The highest BCUT2D eigenvalue weighted by Crippen LogP contribution is 2.57. The maximum Gasteiger partial charge on any atom is 0.333 e. The van der Waals surface area contributed by atoms with Crippen LogP contribution in [0.2, 0.25) is 0 Å². The molecule has 0 saturated carbocycles. The van der Waals surface area contributed by atoms with E-state index in [1.165, 1.54) is 105 Å². The molecule has 0 amide bonds. The van der Waals surface area contributed by atoms with Crippen LogP contribution in [0.25, 0.3) is 49.9 Å². The van der Waals surface area contributed by atoms with Crippen LogP contribution in [0.4, 0.5) is 22.7 Å². The van der Waals surface area contributed by atoms with Crippen LogP contribution in [0.15, 0.2) is 170 Å². The van der Waals surface area contributed by atoms with Crippen LogP contribution in [-0.4, -0.2) is 11.4 Å². The molecule has 0 atom stereocenters. The van der Waals surface area contributed by atoms with E-state index in [-0.39, 0.29) is 33.9 Å². The van der Waals surface area contributed by atoms with Gasteiger partial charge < -0.3 is 14.3 Å². The summed E-state index contributed by atoms with van der Waals surface area (Å²) >= 11 is 0. The first-order valence-corrected chi connectivity index (χ1v) is 26.6. The maximum atomic E-state index is 2.78. The molecule has 8 aromatic carbocycles. The average Bonchev–Trinajstić information content (AvgIpc) is 3.82. The number of aromatic nitrogens is 1. The van der Waals surface area contributed by atoms with Gasteiger partial charge in [0.15, 0.2) is 0 Å². The Morgan fingerprint density at radius 2 is 1.05 bits per heavy atom. The standard InChI is InChI=1S/C69H70BN3/c1-65(2,3)44-29-33-49(34-30-44)73-63-51-39-45(66(4,5)6)31-35-54(51)69(13,14)61(63)53-41-47(68(10,11)12)42-59-62(53)70(73)55-36-38-58(60-52-40-46(67(7,8)9)32-37-57(52)72(59)64(55)60)71(48-25-19-16-20-26-48)56-28-22-21-27-50(56)43-23-17-15-18-24-43/h15-42H,1-14H3. The van der Waals surface area contributed by atoms with Crippen molar-refractivity contribution in [3.8, 4) is 16.8 Å². The molecule has 3 heterocycles. The van der Waals surface area contributed by atoms with Gasteiger partial charge in [-0.15, -0.1) is 0 Å². The summed E-state index contributed by atoms with van der Waals surface area (Å²) in [4.78, 5) is 5.32. The number of nitrogens with zero attached hydrogens (tertiary/aromatic N) is 3. The van der Waals surface area contributed by atoms with E-state index < -0.39 is 0 Å². The maximum absolute atomic E-state index is 2.78. The molecule has 9 aromatic rings. The van der Waals surface area contributed by atoms with Crippen molar-refractivity contribution in [1.82, 2.24) is 4.57 Å². The predicted molar refractivity (Wildman–Crippen MR) is 316 cm³/mol. The second-order valence-corrected chi connectivity index (χ2v) is 25.9. The molecule has 4 heteroatoms. The Kier molecular flexibility index (Phi) is 10.3. The van der Waals surface area contributed by atoms with Gasteiger partial charge in [-0.2, -0.15) is 0 Å².